The average Bonchev–Trinajstić information content (AvgIpc) is 3.13. The number of amides is 1. The molecule has 2 rings (SSSR count). The van der Waals surface area contributed by atoms with Gasteiger partial charge in [0.1, 0.15) is 0 Å². The standard InChI is InChI=1S/C13H18N2OS/c1-9-3-6-11(14)12(7-9)17-8-13(16)15(2)10-4-5-10/h3,6-7,10H,4-5,8,14H2,1-2H3. The van der Waals surface area contributed by atoms with Crippen molar-refractivity contribution in [3.05, 3.63) is 23.8 Å². The number of rotatable bonds is 4. The number of anilines is 1. The minimum Gasteiger partial charge on any atom is -0.398 e. The molecule has 0 radical (unpaired) electrons. The number of thioether (sulfide) groups is 1. The van der Waals surface area contributed by atoms with E-state index in [1.165, 1.54) is 17.3 Å². The lowest BCUT2D eigenvalue weighted by molar-refractivity contribution is -0.127. The summed E-state index contributed by atoms with van der Waals surface area (Å²) in [6, 6.07) is 6.40. The lowest BCUT2D eigenvalue weighted by atomic mass is 10.2. The maximum Gasteiger partial charge on any atom is 0.232 e. The van der Waals surface area contributed by atoms with Gasteiger partial charge in [0.15, 0.2) is 0 Å². The summed E-state index contributed by atoms with van der Waals surface area (Å²) in [5.41, 5.74) is 7.80. The Hall–Kier alpha value is -1.16. The normalized spacial score (nSPS) is 14.7. The monoisotopic (exact) mass is 250 g/mol. The number of nitrogen functional groups attached to an aromatic ring is 1. The third-order valence-corrected chi connectivity index (χ3v) is 4.06. The minimum absolute atomic E-state index is 0.193. The van der Waals surface area contributed by atoms with Gasteiger partial charge in [-0.25, -0.2) is 0 Å². The lowest BCUT2D eigenvalue weighted by Gasteiger charge is -2.16. The largest absolute Gasteiger partial charge is 0.398 e. The van der Waals surface area contributed by atoms with Gasteiger partial charge in [-0.2, -0.15) is 0 Å². The summed E-state index contributed by atoms with van der Waals surface area (Å²) in [6.07, 6.45) is 2.30. The van der Waals surface area contributed by atoms with Crippen LogP contribution in [0.1, 0.15) is 18.4 Å². The summed E-state index contributed by atoms with van der Waals surface area (Å²) in [6.45, 7) is 2.03. The summed E-state index contributed by atoms with van der Waals surface area (Å²) in [5, 5.41) is 0. The van der Waals surface area contributed by atoms with E-state index in [0.29, 0.717) is 11.8 Å². The molecule has 1 aromatic carbocycles. The number of benzene rings is 1. The van der Waals surface area contributed by atoms with Crippen molar-refractivity contribution in [3.63, 3.8) is 0 Å². The van der Waals surface area contributed by atoms with E-state index in [-0.39, 0.29) is 5.91 Å². The van der Waals surface area contributed by atoms with Crippen LogP contribution in [0, 0.1) is 6.92 Å². The molecular formula is C13H18N2OS. The van der Waals surface area contributed by atoms with Gasteiger partial charge in [-0.1, -0.05) is 6.07 Å². The Morgan fingerprint density at radius 1 is 1.53 bits per heavy atom. The number of aryl methyl sites for hydroxylation is 1. The van der Waals surface area contributed by atoms with Crippen LogP contribution in [0.5, 0.6) is 0 Å². The molecule has 0 aliphatic heterocycles. The molecule has 17 heavy (non-hydrogen) atoms. The zero-order chi connectivity index (χ0) is 12.4. The van der Waals surface area contributed by atoms with Gasteiger partial charge in [0.25, 0.3) is 0 Å². The SMILES string of the molecule is Cc1ccc(N)c(SCC(=O)N(C)C2CC2)c1. The van der Waals surface area contributed by atoms with E-state index in [4.69, 9.17) is 5.73 Å². The fourth-order valence-corrected chi connectivity index (χ4v) is 2.66. The van der Waals surface area contributed by atoms with E-state index in [9.17, 15) is 4.79 Å². The van der Waals surface area contributed by atoms with Gasteiger partial charge in [-0.15, -0.1) is 11.8 Å². The van der Waals surface area contributed by atoms with Crippen molar-refractivity contribution in [1.29, 1.82) is 0 Å². The number of hydrogen-bond donors (Lipinski definition) is 1. The number of nitrogens with zero attached hydrogens (tertiary/aromatic N) is 1. The summed E-state index contributed by atoms with van der Waals surface area (Å²) < 4.78 is 0. The molecule has 1 aliphatic rings. The van der Waals surface area contributed by atoms with Crippen LogP contribution in [0.15, 0.2) is 23.1 Å². The molecule has 92 valence electrons. The van der Waals surface area contributed by atoms with Crippen LogP contribution < -0.4 is 5.73 Å². The first-order valence-electron chi connectivity index (χ1n) is 5.82. The van der Waals surface area contributed by atoms with Gasteiger partial charge in [-0.3, -0.25) is 4.79 Å². The molecule has 0 spiro atoms. The smallest absolute Gasteiger partial charge is 0.232 e. The van der Waals surface area contributed by atoms with Crippen LogP contribution in [0.4, 0.5) is 5.69 Å². The minimum atomic E-state index is 0.193. The Morgan fingerprint density at radius 2 is 2.24 bits per heavy atom. The van der Waals surface area contributed by atoms with Crippen molar-refractivity contribution >= 4 is 23.4 Å². The van der Waals surface area contributed by atoms with Gasteiger partial charge < -0.3 is 10.6 Å². The summed E-state index contributed by atoms with van der Waals surface area (Å²) in [7, 11) is 1.89. The van der Waals surface area contributed by atoms with Crippen LogP contribution in [0.2, 0.25) is 0 Å². The average molecular weight is 250 g/mol. The van der Waals surface area contributed by atoms with Crippen LogP contribution >= 0.6 is 11.8 Å². The summed E-state index contributed by atoms with van der Waals surface area (Å²) in [5.74, 6) is 0.666. The molecule has 0 saturated heterocycles. The molecule has 1 aliphatic carbocycles. The third kappa shape index (κ3) is 3.16. The Morgan fingerprint density at radius 3 is 2.88 bits per heavy atom. The second-order valence-electron chi connectivity index (χ2n) is 4.57. The van der Waals surface area contributed by atoms with E-state index in [2.05, 4.69) is 0 Å². The maximum atomic E-state index is 11.9. The van der Waals surface area contributed by atoms with Crippen molar-refractivity contribution in [3.8, 4) is 0 Å². The summed E-state index contributed by atoms with van der Waals surface area (Å²) in [4.78, 5) is 14.7. The van der Waals surface area contributed by atoms with Crippen molar-refractivity contribution < 1.29 is 4.79 Å². The Bertz CT molecular complexity index is 429. The van der Waals surface area contributed by atoms with Gasteiger partial charge in [-0.05, 0) is 37.5 Å². The molecule has 1 fully saturated rings. The Kier molecular flexibility index (Phi) is 3.62. The van der Waals surface area contributed by atoms with E-state index >= 15 is 0 Å². The topological polar surface area (TPSA) is 46.3 Å². The number of hydrogen-bond acceptors (Lipinski definition) is 3. The molecule has 0 heterocycles. The molecule has 0 atom stereocenters. The van der Waals surface area contributed by atoms with Crippen molar-refractivity contribution in [2.24, 2.45) is 0 Å². The molecule has 1 saturated carbocycles. The fourth-order valence-electron chi connectivity index (χ4n) is 1.67. The van der Waals surface area contributed by atoms with Gasteiger partial charge in [0.05, 0.1) is 5.75 Å². The van der Waals surface area contributed by atoms with Crippen molar-refractivity contribution in [2.45, 2.75) is 30.7 Å². The molecule has 2 N–H and O–H groups in total. The number of carbonyl (C=O) groups excluding carboxylic acids is 1. The molecule has 1 aromatic rings. The van der Waals surface area contributed by atoms with E-state index < -0.39 is 0 Å². The molecule has 1 amide bonds. The maximum absolute atomic E-state index is 11.9. The fraction of sp³-hybridized carbons (Fsp3) is 0.462. The third-order valence-electron chi connectivity index (χ3n) is 3.01. The van der Waals surface area contributed by atoms with Crippen molar-refractivity contribution in [1.82, 2.24) is 4.90 Å². The zero-order valence-corrected chi connectivity index (χ0v) is 11.1. The highest BCUT2D eigenvalue weighted by molar-refractivity contribution is 8.00. The van der Waals surface area contributed by atoms with E-state index in [0.717, 1.165) is 23.4 Å². The Balaban J connectivity index is 1.92. The molecular weight excluding hydrogens is 232 g/mol. The predicted octanol–water partition coefficient (Wildman–Crippen LogP) is 2.29. The number of nitrogens with two attached hydrogens (primary N) is 1. The lowest BCUT2D eigenvalue weighted by Crippen LogP contribution is -2.30. The first-order valence-corrected chi connectivity index (χ1v) is 6.81. The van der Waals surface area contributed by atoms with Crippen LogP contribution in [0.25, 0.3) is 0 Å². The van der Waals surface area contributed by atoms with E-state index in [1.54, 1.807) is 0 Å². The first kappa shape index (κ1) is 12.3. The van der Waals surface area contributed by atoms with Gasteiger partial charge in [0.2, 0.25) is 5.91 Å². The van der Waals surface area contributed by atoms with Gasteiger partial charge >= 0.3 is 0 Å². The highest BCUT2D eigenvalue weighted by Gasteiger charge is 2.29. The second kappa shape index (κ2) is 5.00. The highest BCUT2D eigenvalue weighted by atomic mass is 32.2. The number of carbonyl (C=O) groups is 1. The molecule has 0 bridgehead atoms. The molecule has 0 aromatic heterocycles. The van der Waals surface area contributed by atoms with E-state index in [1.807, 2.05) is 37.1 Å². The molecule has 0 unspecified atom stereocenters. The molecule has 3 nitrogen and oxygen atoms in total. The molecule has 4 heteroatoms. The van der Waals surface area contributed by atoms with Crippen LogP contribution in [0.3, 0.4) is 0 Å². The first-order chi connectivity index (χ1) is 8.08. The van der Waals surface area contributed by atoms with Crippen LogP contribution in [-0.2, 0) is 4.79 Å². The zero-order valence-electron chi connectivity index (χ0n) is 10.3. The van der Waals surface area contributed by atoms with Crippen LogP contribution in [-0.4, -0.2) is 29.6 Å². The van der Waals surface area contributed by atoms with Crippen molar-refractivity contribution in [2.75, 3.05) is 18.5 Å². The highest BCUT2D eigenvalue weighted by Crippen LogP contribution is 2.29. The predicted molar refractivity (Wildman–Crippen MR) is 72.1 cm³/mol. The summed E-state index contributed by atoms with van der Waals surface area (Å²) >= 11 is 1.53. The Labute approximate surface area is 106 Å². The quantitative estimate of drug-likeness (QED) is 0.659. The second-order valence-corrected chi connectivity index (χ2v) is 5.58. The van der Waals surface area contributed by atoms with Gasteiger partial charge in [0, 0.05) is 23.7 Å².